The first-order valence-electron chi connectivity index (χ1n) is 7.20. The van der Waals surface area contributed by atoms with Gasteiger partial charge in [-0.1, -0.05) is 18.0 Å². The third kappa shape index (κ3) is 2.79. The Hall–Kier alpha value is -1.14. The Bertz CT molecular complexity index is 589. The largest absolute Gasteiger partial charge is 0.349 e. The molecule has 2 fully saturated rings. The lowest BCUT2D eigenvalue weighted by Crippen LogP contribution is -2.39. The van der Waals surface area contributed by atoms with Gasteiger partial charge in [-0.05, 0) is 43.9 Å². The molecule has 4 atom stereocenters. The van der Waals surface area contributed by atoms with Gasteiger partial charge in [-0.15, -0.1) is 11.3 Å². The van der Waals surface area contributed by atoms with E-state index < -0.39 is 4.92 Å². The summed E-state index contributed by atoms with van der Waals surface area (Å²) < 4.78 is 0.0535. The summed E-state index contributed by atoms with van der Waals surface area (Å²) in [5.41, 5.74) is -0.195. The number of halogens is 1. The highest BCUT2D eigenvalue weighted by Gasteiger charge is 2.42. The normalized spacial score (nSPS) is 28.6. The average molecular weight is 329 g/mol. The number of carbonyl (C=O) groups is 1. The van der Waals surface area contributed by atoms with E-state index in [4.69, 9.17) is 11.6 Å². The summed E-state index contributed by atoms with van der Waals surface area (Å²) in [6.07, 6.45) is 5.08. The molecule has 1 amide bonds. The second kappa shape index (κ2) is 5.57. The molecule has 0 aliphatic heterocycles. The van der Waals surface area contributed by atoms with Crippen LogP contribution in [-0.2, 0) is 0 Å². The van der Waals surface area contributed by atoms with Gasteiger partial charge in [0.15, 0.2) is 4.34 Å². The van der Waals surface area contributed by atoms with Crippen molar-refractivity contribution in [1.29, 1.82) is 0 Å². The van der Waals surface area contributed by atoms with Crippen molar-refractivity contribution in [2.24, 2.45) is 17.8 Å². The van der Waals surface area contributed by atoms with E-state index in [1.165, 1.54) is 31.7 Å². The molecular weight excluding hydrogens is 312 g/mol. The molecule has 2 saturated carbocycles. The van der Waals surface area contributed by atoms with Gasteiger partial charge in [-0.3, -0.25) is 14.9 Å². The maximum absolute atomic E-state index is 12.2. The molecule has 1 aromatic heterocycles. The van der Waals surface area contributed by atoms with Crippen LogP contribution in [0.2, 0.25) is 4.34 Å². The molecule has 114 valence electrons. The lowest BCUT2D eigenvalue weighted by Gasteiger charge is -2.28. The Morgan fingerprint density at radius 1 is 1.52 bits per heavy atom. The fraction of sp³-hybridized carbons (Fsp3) is 0.643. The number of carbonyl (C=O) groups excluding carboxylic acids is 1. The molecule has 0 saturated heterocycles. The lowest BCUT2D eigenvalue weighted by atomic mass is 9.84. The first-order chi connectivity index (χ1) is 9.95. The molecule has 5 nitrogen and oxygen atoms in total. The van der Waals surface area contributed by atoms with Crippen molar-refractivity contribution in [1.82, 2.24) is 5.32 Å². The Kier molecular flexibility index (Phi) is 3.92. The smallest absolute Gasteiger partial charge is 0.299 e. The first kappa shape index (κ1) is 14.8. The van der Waals surface area contributed by atoms with Gasteiger partial charge in [0, 0.05) is 12.1 Å². The molecule has 3 rings (SSSR count). The summed E-state index contributed by atoms with van der Waals surface area (Å²) in [5, 5.41) is 13.8. The van der Waals surface area contributed by atoms with Gasteiger partial charge in [0.05, 0.1) is 4.92 Å². The van der Waals surface area contributed by atoms with Crippen LogP contribution in [0.3, 0.4) is 0 Å². The number of hydrogen-bond acceptors (Lipinski definition) is 4. The van der Waals surface area contributed by atoms with Crippen molar-refractivity contribution in [3.8, 4) is 0 Å². The average Bonchev–Trinajstić information content (AvgIpc) is 3.12. The van der Waals surface area contributed by atoms with Gasteiger partial charge in [-0.25, -0.2) is 0 Å². The quantitative estimate of drug-likeness (QED) is 0.673. The number of amides is 1. The van der Waals surface area contributed by atoms with Gasteiger partial charge < -0.3 is 5.32 Å². The zero-order chi connectivity index (χ0) is 15.1. The van der Waals surface area contributed by atoms with Crippen LogP contribution in [0.5, 0.6) is 0 Å². The molecular formula is C14H17ClN2O3S. The van der Waals surface area contributed by atoms with Crippen molar-refractivity contribution in [3.05, 3.63) is 25.4 Å². The van der Waals surface area contributed by atoms with E-state index in [9.17, 15) is 14.9 Å². The number of hydrogen-bond donors (Lipinski definition) is 1. The number of rotatable bonds is 4. The number of nitro groups is 1. The van der Waals surface area contributed by atoms with Crippen molar-refractivity contribution in [2.75, 3.05) is 0 Å². The van der Waals surface area contributed by atoms with Crippen LogP contribution in [0.4, 0.5) is 5.69 Å². The minimum atomic E-state index is -0.561. The van der Waals surface area contributed by atoms with Crippen LogP contribution in [0, 0.1) is 27.9 Å². The minimum Gasteiger partial charge on any atom is -0.349 e. The zero-order valence-corrected chi connectivity index (χ0v) is 13.2. The molecule has 0 aromatic carbocycles. The molecule has 7 heteroatoms. The molecule has 21 heavy (non-hydrogen) atoms. The Balaban J connectivity index is 1.66. The second-order valence-corrected chi connectivity index (χ2v) is 7.78. The number of fused-ring (bicyclic) bond motifs is 2. The van der Waals surface area contributed by atoms with Crippen LogP contribution in [-0.4, -0.2) is 16.9 Å². The maximum Gasteiger partial charge on any atom is 0.299 e. The topological polar surface area (TPSA) is 72.2 Å². The van der Waals surface area contributed by atoms with E-state index in [1.54, 1.807) is 0 Å². The fourth-order valence-electron chi connectivity index (χ4n) is 3.89. The number of nitrogens with one attached hydrogen (secondary N) is 1. The van der Waals surface area contributed by atoms with Crippen LogP contribution < -0.4 is 5.32 Å². The molecule has 2 aliphatic carbocycles. The van der Waals surface area contributed by atoms with E-state index in [0.717, 1.165) is 23.2 Å². The summed E-state index contributed by atoms with van der Waals surface area (Å²) in [4.78, 5) is 22.7. The Labute approximate surface area is 131 Å². The minimum absolute atomic E-state index is 0.0535. The standard InChI is InChI=1S/C14H17ClN2O3S/c1-7(10-5-8-2-3-9(10)4-8)16-14(18)12-6-11(17(19)20)13(15)21-12/h6-10H,2-5H2,1H3,(H,16,18). The first-order valence-corrected chi connectivity index (χ1v) is 8.39. The van der Waals surface area contributed by atoms with Gasteiger partial charge in [-0.2, -0.15) is 0 Å². The van der Waals surface area contributed by atoms with E-state index in [1.807, 2.05) is 6.92 Å². The zero-order valence-electron chi connectivity index (χ0n) is 11.7. The monoisotopic (exact) mass is 328 g/mol. The summed E-state index contributed by atoms with van der Waals surface area (Å²) in [7, 11) is 0. The van der Waals surface area contributed by atoms with Crippen molar-refractivity contribution in [3.63, 3.8) is 0 Å². The summed E-state index contributed by atoms with van der Waals surface area (Å²) in [5.74, 6) is 1.84. The highest BCUT2D eigenvalue weighted by Crippen LogP contribution is 2.49. The van der Waals surface area contributed by atoms with E-state index >= 15 is 0 Å². The third-order valence-corrected chi connectivity index (χ3v) is 6.22. The predicted molar refractivity (Wildman–Crippen MR) is 81.8 cm³/mol. The van der Waals surface area contributed by atoms with Crippen molar-refractivity contribution in [2.45, 2.75) is 38.6 Å². The molecule has 1 N–H and O–H groups in total. The summed E-state index contributed by atoms with van der Waals surface area (Å²) in [6.45, 7) is 2.03. The molecule has 2 bridgehead atoms. The van der Waals surface area contributed by atoms with Crippen molar-refractivity contribution < 1.29 is 9.72 Å². The number of thiophene rings is 1. The highest BCUT2D eigenvalue weighted by molar-refractivity contribution is 7.18. The predicted octanol–water partition coefficient (Wildman–Crippen LogP) is 3.86. The van der Waals surface area contributed by atoms with Crippen LogP contribution in [0.25, 0.3) is 0 Å². The maximum atomic E-state index is 12.2. The van der Waals surface area contributed by atoms with E-state index in [-0.39, 0.29) is 22.0 Å². The highest BCUT2D eigenvalue weighted by atomic mass is 35.5. The molecule has 2 aliphatic rings. The number of nitrogens with zero attached hydrogens (tertiary/aromatic N) is 1. The molecule has 0 radical (unpaired) electrons. The van der Waals surface area contributed by atoms with Gasteiger partial charge in [0.25, 0.3) is 11.6 Å². The lowest BCUT2D eigenvalue weighted by molar-refractivity contribution is -0.384. The van der Waals surface area contributed by atoms with Crippen LogP contribution in [0.15, 0.2) is 6.07 Å². The SMILES string of the molecule is CC(NC(=O)c1cc([N+](=O)[O-])c(Cl)s1)C1CC2CCC1C2. The Morgan fingerprint density at radius 3 is 2.81 bits per heavy atom. The van der Waals surface area contributed by atoms with Crippen molar-refractivity contribution >= 4 is 34.5 Å². The van der Waals surface area contributed by atoms with Crippen LogP contribution in [0.1, 0.15) is 42.3 Å². The molecule has 1 aromatic rings. The summed E-state index contributed by atoms with van der Waals surface area (Å²) >= 11 is 6.76. The molecule has 4 unspecified atom stereocenters. The van der Waals surface area contributed by atoms with E-state index in [2.05, 4.69) is 5.32 Å². The van der Waals surface area contributed by atoms with Gasteiger partial charge in [0.2, 0.25) is 0 Å². The van der Waals surface area contributed by atoms with Gasteiger partial charge >= 0.3 is 0 Å². The molecule has 1 heterocycles. The third-order valence-electron chi connectivity index (χ3n) is 4.88. The second-order valence-electron chi connectivity index (χ2n) is 6.13. The Morgan fingerprint density at radius 2 is 2.29 bits per heavy atom. The summed E-state index contributed by atoms with van der Waals surface area (Å²) in [6, 6.07) is 1.36. The van der Waals surface area contributed by atoms with E-state index in [0.29, 0.717) is 10.8 Å². The molecule has 0 spiro atoms. The van der Waals surface area contributed by atoms with Gasteiger partial charge in [0.1, 0.15) is 4.88 Å². The van der Waals surface area contributed by atoms with Crippen LogP contribution >= 0.6 is 22.9 Å². The fourth-order valence-corrected chi connectivity index (χ4v) is 5.01.